The molecule has 5 nitrogen and oxygen atoms in total. The van der Waals surface area contributed by atoms with Gasteiger partial charge in [0, 0.05) is 23.7 Å². The molecular formula is C23H25N3O2. The first-order valence-electron chi connectivity index (χ1n) is 9.42. The van der Waals surface area contributed by atoms with Gasteiger partial charge in [-0.15, -0.1) is 0 Å². The number of fused-ring (bicyclic) bond motifs is 1. The molecule has 0 saturated heterocycles. The topological polar surface area (TPSA) is 77.1 Å². The Morgan fingerprint density at radius 1 is 1.07 bits per heavy atom. The number of rotatable bonds is 8. The van der Waals surface area contributed by atoms with Gasteiger partial charge >= 0.3 is 0 Å². The summed E-state index contributed by atoms with van der Waals surface area (Å²) in [7, 11) is 0. The van der Waals surface area contributed by atoms with E-state index in [4.69, 9.17) is 5.73 Å². The molecule has 1 amide bonds. The van der Waals surface area contributed by atoms with Crippen LogP contribution in [0, 0.1) is 0 Å². The first-order chi connectivity index (χ1) is 13.5. The molecule has 0 aliphatic rings. The third kappa shape index (κ3) is 4.96. The molecule has 0 spiro atoms. The number of hydrogen-bond acceptors (Lipinski definition) is 3. The quantitative estimate of drug-likeness (QED) is 0.593. The van der Waals surface area contributed by atoms with Gasteiger partial charge in [-0.1, -0.05) is 54.6 Å². The number of primary amides is 1. The number of nitrogens with zero attached hydrogens (tertiary/aromatic N) is 1. The molecule has 2 aromatic carbocycles. The number of benzene rings is 2. The van der Waals surface area contributed by atoms with E-state index in [0.29, 0.717) is 0 Å². The number of aromatic nitrogens is 1. The number of carbonyl (C=O) groups excluding carboxylic acids is 2. The summed E-state index contributed by atoms with van der Waals surface area (Å²) < 4.78 is 1.62. The van der Waals surface area contributed by atoms with Crippen LogP contribution in [0.2, 0.25) is 0 Å². The van der Waals surface area contributed by atoms with Crippen LogP contribution in [0.25, 0.3) is 10.9 Å². The molecular weight excluding hydrogens is 350 g/mol. The number of carbonyl (C=O) groups is 2. The highest BCUT2D eigenvalue weighted by Crippen LogP contribution is 2.15. The predicted octanol–water partition coefficient (Wildman–Crippen LogP) is 3.30. The largest absolute Gasteiger partial charge is 0.368 e. The highest BCUT2D eigenvalue weighted by atomic mass is 16.2. The van der Waals surface area contributed by atoms with Crippen molar-refractivity contribution in [3.05, 3.63) is 84.6 Å². The molecule has 0 bridgehead atoms. The molecule has 0 unspecified atom stereocenters. The summed E-state index contributed by atoms with van der Waals surface area (Å²) in [5.41, 5.74) is 7.47. The molecule has 0 saturated carbocycles. The molecule has 0 radical (unpaired) electrons. The van der Waals surface area contributed by atoms with Crippen molar-refractivity contribution in [1.29, 1.82) is 0 Å². The van der Waals surface area contributed by atoms with Gasteiger partial charge in [0.25, 0.3) is 5.91 Å². The van der Waals surface area contributed by atoms with Crippen LogP contribution < -0.4 is 11.1 Å². The lowest BCUT2D eigenvalue weighted by molar-refractivity contribution is -0.119. The number of nitrogens with two attached hydrogens (primary N) is 1. The lowest BCUT2D eigenvalue weighted by Crippen LogP contribution is -2.44. The lowest BCUT2D eigenvalue weighted by Gasteiger charge is -2.19. The molecule has 3 rings (SSSR count). The van der Waals surface area contributed by atoms with Crippen molar-refractivity contribution in [2.24, 2.45) is 5.73 Å². The van der Waals surface area contributed by atoms with Crippen molar-refractivity contribution in [3.8, 4) is 0 Å². The van der Waals surface area contributed by atoms with E-state index in [1.807, 2.05) is 54.6 Å². The van der Waals surface area contributed by atoms with Gasteiger partial charge in [0.05, 0.1) is 11.6 Å². The van der Waals surface area contributed by atoms with Crippen LogP contribution in [0.5, 0.6) is 0 Å². The second kappa shape index (κ2) is 9.15. The van der Waals surface area contributed by atoms with Gasteiger partial charge in [0.1, 0.15) is 0 Å². The Bertz CT molecular complexity index is 976. The highest BCUT2D eigenvalue weighted by molar-refractivity contribution is 5.98. The summed E-state index contributed by atoms with van der Waals surface area (Å²) in [5.74, 6) is -0.541. The van der Waals surface area contributed by atoms with E-state index >= 15 is 0 Å². The minimum absolute atomic E-state index is 0.126. The molecule has 1 heterocycles. The van der Waals surface area contributed by atoms with Crippen LogP contribution in [-0.2, 0) is 11.2 Å². The normalized spacial score (nSPS) is 13.6. The summed E-state index contributed by atoms with van der Waals surface area (Å²) in [5, 5.41) is 4.22. The van der Waals surface area contributed by atoms with E-state index in [1.54, 1.807) is 23.8 Å². The standard InChI is InChI=1S/C23H25N3O2/c1-17(23(24)28)25-20(12-11-18-7-3-2-4-8-18)13-14-22(27)26-16-15-19-9-5-6-10-21(19)26/h2-10,13-17,20,25H,11-12H2,1H3,(H2,24,28)/b14-13+/t17-,20-/m0/s1. The van der Waals surface area contributed by atoms with E-state index in [1.165, 1.54) is 5.56 Å². The number of nitrogens with one attached hydrogen (secondary N) is 1. The van der Waals surface area contributed by atoms with Crippen molar-refractivity contribution in [1.82, 2.24) is 9.88 Å². The van der Waals surface area contributed by atoms with E-state index < -0.39 is 11.9 Å². The van der Waals surface area contributed by atoms with Gasteiger partial charge < -0.3 is 5.73 Å². The molecule has 28 heavy (non-hydrogen) atoms. The maximum Gasteiger partial charge on any atom is 0.254 e. The summed E-state index contributed by atoms with van der Waals surface area (Å²) in [6.45, 7) is 1.73. The molecule has 5 heteroatoms. The van der Waals surface area contributed by atoms with Gasteiger partial charge in [0.2, 0.25) is 5.91 Å². The first kappa shape index (κ1) is 19.6. The summed E-state index contributed by atoms with van der Waals surface area (Å²) >= 11 is 0. The Morgan fingerprint density at radius 2 is 1.79 bits per heavy atom. The summed E-state index contributed by atoms with van der Waals surface area (Å²) in [4.78, 5) is 24.1. The SMILES string of the molecule is C[C@H](N[C@H](/C=C/C(=O)n1ccc2ccccc21)CCc1ccccc1)C(N)=O. The van der Waals surface area contributed by atoms with Gasteiger partial charge in [-0.3, -0.25) is 19.5 Å². The van der Waals surface area contributed by atoms with Crippen LogP contribution >= 0.6 is 0 Å². The van der Waals surface area contributed by atoms with Gasteiger partial charge in [-0.05, 0) is 37.5 Å². The van der Waals surface area contributed by atoms with Crippen molar-refractivity contribution >= 4 is 22.7 Å². The average molecular weight is 375 g/mol. The molecule has 3 N–H and O–H groups in total. The zero-order valence-corrected chi connectivity index (χ0v) is 15.9. The zero-order valence-electron chi connectivity index (χ0n) is 15.9. The Kier molecular flexibility index (Phi) is 6.40. The first-order valence-corrected chi connectivity index (χ1v) is 9.42. The van der Waals surface area contributed by atoms with Crippen molar-refractivity contribution < 1.29 is 9.59 Å². The third-order valence-corrected chi connectivity index (χ3v) is 4.79. The number of para-hydroxylation sites is 1. The van der Waals surface area contributed by atoms with Crippen molar-refractivity contribution in [3.63, 3.8) is 0 Å². The maximum absolute atomic E-state index is 12.7. The van der Waals surface area contributed by atoms with Gasteiger partial charge in [-0.25, -0.2) is 0 Å². The third-order valence-electron chi connectivity index (χ3n) is 4.79. The molecule has 1 aromatic heterocycles. The van der Waals surface area contributed by atoms with E-state index in [-0.39, 0.29) is 11.9 Å². The number of amides is 1. The van der Waals surface area contributed by atoms with Crippen LogP contribution in [-0.4, -0.2) is 28.5 Å². The Morgan fingerprint density at radius 3 is 2.54 bits per heavy atom. The maximum atomic E-state index is 12.7. The van der Waals surface area contributed by atoms with E-state index in [0.717, 1.165) is 23.7 Å². The zero-order chi connectivity index (χ0) is 19.9. The molecule has 0 fully saturated rings. The fraction of sp³-hybridized carbons (Fsp3) is 0.217. The minimum Gasteiger partial charge on any atom is -0.368 e. The van der Waals surface area contributed by atoms with E-state index in [9.17, 15) is 9.59 Å². The predicted molar refractivity (Wildman–Crippen MR) is 112 cm³/mol. The monoisotopic (exact) mass is 375 g/mol. The number of hydrogen-bond donors (Lipinski definition) is 2. The van der Waals surface area contributed by atoms with Crippen LogP contribution in [0.1, 0.15) is 23.7 Å². The van der Waals surface area contributed by atoms with E-state index in [2.05, 4.69) is 17.4 Å². The molecule has 0 aliphatic carbocycles. The summed E-state index contributed by atoms with van der Waals surface area (Å²) in [6, 6.07) is 19.2. The fourth-order valence-corrected chi connectivity index (χ4v) is 3.16. The lowest BCUT2D eigenvalue weighted by atomic mass is 10.0. The highest BCUT2D eigenvalue weighted by Gasteiger charge is 2.14. The van der Waals surface area contributed by atoms with Crippen LogP contribution in [0.15, 0.2) is 79.0 Å². The molecule has 144 valence electrons. The summed E-state index contributed by atoms with van der Waals surface area (Å²) in [6.07, 6.45) is 6.73. The van der Waals surface area contributed by atoms with Crippen LogP contribution in [0.4, 0.5) is 0 Å². The van der Waals surface area contributed by atoms with Crippen molar-refractivity contribution in [2.75, 3.05) is 0 Å². The van der Waals surface area contributed by atoms with Crippen molar-refractivity contribution in [2.45, 2.75) is 31.8 Å². The fourth-order valence-electron chi connectivity index (χ4n) is 3.16. The molecule has 0 aliphatic heterocycles. The second-order valence-corrected chi connectivity index (χ2v) is 6.86. The Labute approximate surface area is 164 Å². The van der Waals surface area contributed by atoms with Crippen LogP contribution in [0.3, 0.4) is 0 Å². The Hall–Kier alpha value is -3.18. The number of aryl methyl sites for hydroxylation is 1. The second-order valence-electron chi connectivity index (χ2n) is 6.86. The van der Waals surface area contributed by atoms with Gasteiger partial charge in [-0.2, -0.15) is 0 Å². The smallest absolute Gasteiger partial charge is 0.254 e. The number of allylic oxidation sites excluding steroid dienone is 1. The Balaban J connectivity index is 1.73. The average Bonchev–Trinajstić information content (AvgIpc) is 3.14. The minimum atomic E-state index is -0.479. The molecule has 2 atom stereocenters. The van der Waals surface area contributed by atoms with Gasteiger partial charge in [0.15, 0.2) is 0 Å². The molecule has 3 aromatic rings.